The van der Waals surface area contributed by atoms with Crippen LogP contribution in [0.1, 0.15) is 23.3 Å². The van der Waals surface area contributed by atoms with Gasteiger partial charge in [-0.1, -0.05) is 4.49 Å². The lowest BCUT2D eigenvalue weighted by Crippen LogP contribution is -2.25. The number of carbonyl (C=O) groups is 1. The zero-order valence-corrected chi connectivity index (χ0v) is 7.92. The van der Waals surface area contributed by atoms with Crippen LogP contribution in [-0.2, 0) is 4.74 Å². The molecule has 1 aromatic heterocycles. The molecule has 0 radical (unpaired) electrons. The Hall–Kier alpha value is -0.810. The Balaban J connectivity index is 2.04. The van der Waals surface area contributed by atoms with Crippen LogP contribution in [0.15, 0.2) is 5.38 Å². The van der Waals surface area contributed by atoms with Crippen molar-refractivity contribution in [2.75, 3.05) is 13.2 Å². The van der Waals surface area contributed by atoms with Crippen molar-refractivity contribution >= 4 is 17.3 Å². The molecule has 13 heavy (non-hydrogen) atoms. The van der Waals surface area contributed by atoms with Gasteiger partial charge in [0.2, 0.25) is 0 Å². The number of ether oxygens (including phenoxy) is 1. The highest BCUT2D eigenvalue weighted by molar-refractivity contribution is 7.03. The van der Waals surface area contributed by atoms with Gasteiger partial charge in [-0.15, -0.1) is 5.10 Å². The molecule has 2 heterocycles. The van der Waals surface area contributed by atoms with Gasteiger partial charge in [-0.3, -0.25) is 4.79 Å². The maximum Gasteiger partial charge on any atom is 0.189 e. The Morgan fingerprint density at radius 2 is 2.62 bits per heavy atom. The maximum atomic E-state index is 11.7. The van der Waals surface area contributed by atoms with E-state index in [1.54, 1.807) is 5.38 Å². The molecule has 1 unspecified atom stereocenters. The van der Waals surface area contributed by atoms with Crippen LogP contribution in [0.25, 0.3) is 0 Å². The van der Waals surface area contributed by atoms with E-state index in [2.05, 4.69) is 9.59 Å². The topological polar surface area (TPSA) is 52.1 Å². The van der Waals surface area contributed by atoms with Gasteiger partial charge >= 0.3 is 0 Å². The van der Waals surface area contributed by atoms with Crippen molar-refractivity contribution in [1.82, 2.24) is 9.59 Å². The van der Waals surface area contributed by atoms with Crippen LogP contribution in [0.4, 0.5) is 0 Å². The molecular weight excluding hydrogens is 188 g/mol. The van der Waals surface area contributed by atoms with Crippen molar-refractivity contribution in [3.8, 4) is 0 Å². The first-order valence-corrected chi connectivity index (χ1v) is 5.10. The van der Waals surface area contributed by atoms with Gasteiger partial charge in [-0.2, -0.15) is 0 Å². The molecule has 1 aromatic rings. The van der Waals surface area contributed by atoms with Crippen LogP contribution in [0.5, 0.6) is 0 Å². The first kappa shape index (κ1) is 8.77. The summed E-state index contributed by atoms with van der Waals surface area (Å²) in [6, 6.07) is 0. The maximum absolute atomic E-state index is 11.7. The van der Waals surface area contributed by atoms with Gasteiger partial charge in [0.1, 0.15) is 5.69 Å². The Kier molecular flexibility index (Phi) is 2.65. The Morgan fingerprint density at radius 3 is 3.23 bits per heavy atom. The monoisotopic (exact) mass is 198 g/mol. The van der Waals surface area contributed by atoms with Gasteiger partial charge in [-0.05, 0) is 24.4 Å². The highest BCUT2D eigenvalue weighted by atomic mass is 32.1. The fourth-order valence-electron chi connectivity index (χ4n) is 1.43. The van der Waals surface area contributed by atoms with E-state index >= 15 is 0 Å². The zero-order valence-electron chi connectivity index (χ0n) is 7.10. The molecule has 1 fully saturated rings. The molecule has 0 spiro atoms. The van der Waals surface area contributed by atoms with Gasteiger partial charge in [0.25, 0.3) is 0 Å². The molecule has 70 valence electrons. The smallest absolute Gasteiger partial charge is 0.189 e. The van der Waals surface area contributed by atoms with Gasteiger partial charge in [0.15, 0.2) is 5.78 Å². The summed E-state index contributed by atoms with van der Waals surface area (Å²) in [4.78, 5) is 11.7. The molecule has 1 aliphatic heterocycles. The van der Waals surface area contributed by atoms with Crippen molar-refractivity contribution in [1.29, 1.82) is 0 Å². The lowest BCUT2D eigenvalue weighted by Gasteiger charge is -2.19. The van der Waals surface area contributed by atoms with Gasteiger partial charge in [0.05, 0.1) is 6.61 Å². The summed E-state index contributed by atoms with van der Waals surface area (Å²) in [5.74, 6) is 0.0751. The van der Waals surface area contributed by atoms with Gasteiger partial charge in [0, 0.05) is 17.9 Å². The second-order valence-corrected chi connectivity index (χ2v) is 3.68. The number of rotatable bonds is 2. The van der Waals surface area contributed by atoms with Crippen LogP contribution < -0.4 is 0 Å². The summed E-state index contributed by atoms with van der Waals surface area (Å²) in [5, 5.41) is 5.45. The SMILES string of the molecule is O=C(c1csnn1)C1CCCOC1. The molecule has 2 rings (SSSR count). The molecule has 0 aromatic carbocycles. The fourth-order valence-corrected chi connectivity index (χ4v) is 1.87. The van der Waals surface area contributed by atoms with Crippen molar-refractivity contribution in [3.05, 3.63) is 11.1 Å². The standard InChI is InChI=1S/C8H10N2O2S/c11-8(7-5-13-10-9-7)6-2-1-3-12-4-6/h5-6H,1-4H2. The molecule has 1 saturated heterocycles. The predicted octanol–water partition coefficient (Wildman–Crippen LogP) is 1.15. The molecule has 0 N–H and O–H groups in total. The van der Waals surface area contributed by atoms with E-state index in [9.17, 15) is 4.79 Å². The van der Waals surface area contributed by atoms with Crippen molar-refractivity contribution < 1.29 is 9.53 Å². The average Bonchev–Trinajstić information content (AvgIpc) is 2.71. The van der Waals surface area contributed by atoms with E-state index in [0.717, 1.165) is 19.4 Å². The quantitative estimate of drug-likeness (QED) is 0.669. The zero-order chi connectivity index (χ0) is 9.10. The van der Waals surface area contributed by atoms with Gasteiger partial charge in [-0.25, -0.2) is 0 Å². The third-order valence-corrected chi connectivity index (χ3v) is 2.65. The van der Waals surface area contributed by atoms with Crippen molar-refractivity contribution in [2.45, 2.75) is 12.8 Å². The largest absolute Gasteiger partial charge is 0.381 e. The summed E-state index contributed by atoms with van der Waals surface area (Å²) in [5.41, 5.74) is 0.487. The summed E-state index contributed by atoms with van der Waals surface area (Å²) in [7, 11) is 0. The normalized spacial score (nSPS) is 22.9. The second kappa shape index (κ2) is 3.93. The molecule has 0 saturated carbocycles. The van der Waals surface area contributed by atoms with Crippen molar-refractivity contribution in [2.24, 2.45) is 5.92 Å². The Labute approximate surface area is 80.1 Å². The predicted molar refractivity (Wildman–Crippen MR) is 47.8 cm³/mol. The number of hydrogen-bond acceptors (Lipinski definition) is 5. The minimum Gasteiger partial charge on any atom is -0.381 e. The number of nitrogens with zero attached hydrogens (tertiary/aromatic N) is 2. The number of hydrogen-bond donors (Lipinski definition) is 0. The number of Topliss-reactive ketones (excluding diaryl/α,β-unsaturated/α-hetero) is 1. The van der Waals surface area contributed by atoms with E-state index in [-0.39, 0.29) is 11.7 Å². The third-order valence-electron chi connectivity index (χ3n) is 2.14. The number of ketones is 1. The lowest BCUT2D eigenvalue weighted by atomic mass is 9.96. The van der Waals surface area contributed by atoms with Crippen LogP contribution in [0, 0.1) is 5.92 Å². The van der Waals surface area contributed by atoms with E-state index in [1.807, 2.05) is 0 Å². The fraction of sp³-hybridized carbons (Fsp3) is 0.625. The molecule has 0 amide bonds. The number of carbonyl (C=O) groups excluding carboxylic acids is 1. The van der Waals surface area contributed by atoms with Crippen LogP contribution in [0.2, 0.25) is 0 Å². The number of aromatic nitrogens is 2. The molecule has 1 aliphatic rings. The molecule has 4 nitrogen and oxygen atoms in total. The Bertz CT molecular complexity index is 280. The molecule has 1 atom stereocenters. The average molecular weight is 198 g/mol. The highest BCUT2D eigenvalue weighted by Gasteiger charge is 2.24. The van der Waals surface area contributed by atoms with Crippen LogP contribution in [-0.4, -0.2) is 28.6 Å². The third kappa shape index (κ3) is 1.92. The highest BCUT2D eigenvalue weighted by Crippen LogP contribution is 2.18. The molecule has 0 bridgehead atoms. The minimum atomic E-state index is -0.00218. The second-order valence-electron chi connectivity index (χ2n) is 3.07. The van der Waals surface area contributed by atoms with Crippen LogP contribution >= 0.6 is 11.5 Å². The van der Waals surface area contributed by atoms with E-state index in [0.29, 0.717) is 12.3 Å². The van der Waals surface area contributed by atoms with Crippen LogP contribution in [0.3, 0.4) is 0 Å². The Morgan fingerprint density at radius 1 is 1.69 bits per heavy atom. The van der Waals surface area contributed by atoms with E-state index in [1.165, 1.54) is 11.5 Å². The summed E-state index contributed by atoms with van der Waals surface area (Å²) >= 11 is 1.21. The lowest BCUT2D eigenvalue weighted by molar-refractivity contribution is 0.0458. The van der Waals surface area contributed by atoms with E-state index in [4.69, 9.17) is 4.74 Å². The van der Waals surface area contributed by atoms with Gasteiger partial charge < -0.3 is 4.74 Å². The molecular formula is C8H10N2O2S. The summed E-state index contributed by atoms with van der Waals surface area (Å²) in [6.07, 6.45) is 1.88. The van der Waals surface area contributed by atoms with Crippen molar-refractivity contribution in [3.63, 3.8) is 0 Å². The molecule has 0 aliphatic carbocycles. The minimum absolute atomic E-state index is 0.00218. The van der Waals surface area contributed by atoms with E-state index < -0.39 is 0 Å². The summed E-state index contributed by atoms with van der Waals surface area (Å²) < 4.78 is 8.90. The first-order chi connectivity index (χ1) is 6.38. The molecule has 5 heteroatoms. The first-order valence-electron chi connectivity index (χ1n) is 4.27. The summed E-state index contributed by atoms with van der Waals surface area (Å²) in [6.45, 7) is 1.31.